The molecule has 0 bridgehead atoms. The predicted molar refractivity (Wildman–Crippen MR) is 13.9 cm³/mol. The second kappa shape index (κ2) is 6.11. The normalized spacial score (nSPS) is 5.50. The van der Waals surface area contributed by atoms with E-state index in [2.05, 4.69) is 0 Å². The van der Waals surface area contributed by atoms with Gasteiger partial charge in [0.05, 0.1) is 0 Å². The van der Waals surface area contributed by atoms with Crippen molar-refractivity contribution in [1.82, 2.24) is 0 Å². The van der Waals surface area contributed by atoms with E-state index in [1.54, 1.807) is 0 Å². The van der Waals surface area contributed by atoms with Gasteiger partial charge in [-0.15, -0.1) is 0 Å². The average molecular weight is 161 g/mol. The molecule has 6 heavy (non-hydrogen) atoms. The molecule has 0 rings (SSSR count). The van der Waals surface area contributed by atoms with Crippen LogP contribution in [0.25, 0.3) is 0 Å². The first kappa shape index (κ1) is 10.2. The van der Waals surface area contributed by atoms with Crippen LogP contribution in [0.2, 0.25) is 0 Å². The van der Waals surface area contributed by atoms with Crippen molar-refractivity contribution < 1.29 is 73.2 Å². The smallest absolute Gasteiger partial charge is 0.537 e. The molecule has 0 aliphatic rings. The van der Waals surface area contributed by atoms with Gasteiger partial charge in [0.1, 0.15) is 0 Å². The summed E-state index contributed by atoms with van der Waals surface area (Å²) >= 11 is 0. The number of carbonyl (C=O) groups is 1. The van der Waals surface area contributed by atoms with Crippen LogP contribution in [0.1, 0.15) is 0 Å². The van der Waals surface area contributed by atoms with Gasteiger partial charge < -0.3 is 10.2 Å². The van der Waals surface area contributed by atoms with Crippen molar-refractivity contribution in [2.45, 2.75) is 0 Å². The Morgan fingerprint density at radius 1 is 1.67 bits per heavy atom. The molecule has 0 saturated carbocycles. The van der Waals surface area contributed by atoms with E-state index in [1.807, 2.05) is 0 Å². The number of rotatable bonds is 1. The monoisotopic (exact) mass is 160 g/mol. The third-order valence-electron chi connectivity index (χ3n) is 0.110. The molecule has 0 radical (unpaired) electrons. The van der Waals surface area contributed by atoms with Crippen molar-refractivity contribution in [3.05, 3.63) is 6.61 Å². The van der Waals surface area contributed by atoms with E-state index in [4.69, 9.17) is 15.0 Å². The van der Waals surface area contributed by atoms with Crippen LogP contribution in [0.15, 0.2) is 0 Å². The topological polar surface area (TPSA) is 57.5 Å². The fourth-order valence-electron chi connectivity index (χ4n) is 0. The quantitative estimate of drug-likeness (QED) is 0.394. The molecule has 2 N–H and O–H groups in total. The molecule has 0 spiro atoms. The number of aliphatic hydroxyl groups is 1. The SMILES string of the molecule is O=C(O)[CH-]O.[Rb+]. The third-order valence-corrected chi connectivity index (χ3v) is 0.110. The van der Waals surface area contributed by atoms with Gasteiger partial charge >= 0.3 is 58.2 Å². The number of carboxylic acid groups (broad SMARTS) is 1. The summed E-state index contributed by atoms with van der Waals surface area (Å²) in [6.07, 6.45) is 0. The molecule has 0 saturated heterocycles. The zero-order valence-electron chi connectivity index (χ0n) is 3.38. The summed E-state index contributed by atoms with van der Waals surface area (Å²) in [5.41, 5.74) is 0. The van der Waals surface area contributed by atoms with Gasteiger partial charge in [-0.25, -0.2) is 0 Å². The fourth-order valence-corrected chi connectivity index (χ4v) is 0. The van der Waals surface area contributed by atoms with E-state index in [0.717, 1.165) is 0 Å². The minimum Gasteiger partial charge on any atom is -0.537 e. The first-order valence-corrected chi connectivity index (χ1v) is 0.975. The number of carboxylic acids is 1. The van der Waals surface area contributed by atoms with Crippen molar-refractivity contribution in [2.24, 2.45) is 0 Å². The van der Waals surface area contributed by atoms with Crippen molar-refractivity contribution in [2.75, 3.05) is 0 Å². The van der Waals surface area contributed by atoms with Crippen LogP contribution < -0.4 is 58.2 Å². The Kier molecular flexibility index (Phi) is 10.3. The molecule has 0 heterocycles. The second-order valence-electron chi connectivity index (χ2n) is 0.467. The molecule has 0 aromatic heterocycles. The summed E-state index contributed by atoms with van der Waals surface area (Å²) in [6.45, 7) is 0.0833. The molecular weight excluding hydrogens is 157 g/mol. The molecule has 0 aliphatic heterocycles. The molecule has 0 atom stereocenters. The van der Waals surface area contributed by atoms with Crippen molar-refractivity contribution in [3.63, 3.8) is 0 Å². The molecule has 0 unspecified atom stereocenters. The first-order valence-electron chi connectivity index (χ1n) is 0.975. The van der Waals surface area contributed by atoms with Crippen molar-refractivity contribution >= 4 is 5.97 Å². The van der Waals surface area contributed by atoms with Gasteiger partial charge in [-0.3, -0.25) is 4.79 Å². The Hall–Kier alpha value is 1.11. The fraction of sp³-hybridized carbons (Fsp3) is 0. The number of aliphatic hydroxyl groups excluding tert-OH is 1. The third kappa shape index (κ3) is 8.92. The van der Waals surface area contributed by atoms with E-state index in [0.29, 0.717) is 0 Å². The zero-order chi connectivity index (χ0) is 4.28. The van der Waals surface area contributed by atoms with E-state index in [-0.39, 0.29) is 64.8 Å². The summed E-state index contributed by atoms with van der Waals surface area (Å²) in [5.74, 6) is -1.31. The van der Waals surface area contributed by atoms with Crippen LogP contribution >= 0.6 is 0 Å². The van der Waals surface area contributed by atoms with Gasteiger partial charge in [0.15, 0.2) is 5.97 Å². The maximum absolute atomic E-state index is 9.06. The van der Waals surface area contributed by atoms with Gasteiger partial charge in [-0.2, -0.15) is 6.61 Å². The summed E-state index contributed by atoms with van der Waals surface area (Å²) in [5, 5.41) is 14.8. The average Bonchev–Trinajstić information content (AvgIpc) is 1.38. The summed E-state index contributed by atoms with van der Waals surface area (Å²) in [6, 6.07) is 0. The molecule has 0 aromatic carbocycles. The van der Waals surface area contributed by atoms with Crippen molar-refractivity contribution in [1.29, 1.82) is 0 Å². The van der Waals surface area contributed by atoms with E-state index >= 15 is 0 Å². The minimum atomic E-state index is -1.31. The van der Waals surface area contributed by atoms with E-state index < -0.39 is 5.97 Å². The Morgan fingerprint density at radius 3 is 1.83 bits per heavy atom. The van der Waals surface area contributed by atoms with Gasteiger partial charge in [0.25, 0.3) is 0 Å². The molecule has 0 fully saturated rings. The van der Waals surface area contributed by atoms with Crippen LogP contribution in [0, 0.1) is 6.61 Å². The van der Waals surface area contributed by atoms with Gasteiger partial charge in [0.2, 0.25) is 0 Å². The maximum Gasteiger partial charge on any atom is 1.00 e. The van der Waals surface area contributed by atoms with Gasteiger partial charge in [-0.1, -0.05) is 0 Å². The predicted octanol–water partition coefficient (Wildman–Crippen LogP) is -3.39. The zero-order valence-corrected chi connectivity index (χ0v) is 8.30. The second-order valence-corrected chi connectivity index (χ2v) is 0.467. The van der Waals surface area contributed by atoms with Crippen molar-refractivity contribution in [3.8, 4) is 0 Å². The van der Waals surface area contributed by atoms with E-state index in [1.165, 1.54) is 0 Å². The molecule has 0 amide bonds. The molecule has 0 aliphatic carbocycles. The first-order chi connectivity index (χ1) is 2.27. The summed E-state index contributed by atoms with van der Waals surface area (Å²) in [7, 11) is 0. The van der Waals surface area contributed by atoms with E-state index in [9.17, 15) is 0 Å². The molecule has 4 heteroatoms. The van der Waals surface area contributed by atoms with Gasteiger partial charge in [-0.05, 0) is 0 Å². The number of hydrogen-bond donors (Lipinski definition) is 2. The Balaban J connectivity index is 0. The molecule has 3 nitrogen and oxygen atoms in total. The Morgan fingerprint density at radius 2 is 1.83 bits per heavy atom. The van der Waals surface area contributed by atoms with Crippen LogP contribution in [0.5, 0.6) is 0 Å². The molecule has 30 valence electrons. The molecule has 0 aromatic rings. The summed E-state index contributed by atoms with van der Waals surface area (Å²) < 4.78 is 0. The van der Waals surface area contributed by atoms with Crippen LogP contribution in [0.3, 0.4) is 0 Å². The van der Waals surface area contributed by atoms with Crippen LogP contribution in [0.4, 0.5) is 0 Å². The van der Waals surface area contributed by atoms with Crippen LogP contribution in [-0.4, -0.2) is 16.2 Å². The van der Waals surface area contributed by atoms with Crippen LogP contribution in [-0.2, 0) is 4.79 Å². The Bertz CT molecular complexity index is 44.1. The largest absolute Gasteiger partial charge is 1.00 e. The Labute approximate surface area is 84.1 Å². The number of hydrogen-bond acceptors (Lipinski definition) is 2. The maximum atomic E-state index is 9.06. The molecular formula is C2H3O3Rb. The van der Waals surface area contributed by atoms with Gasteiger partial charge in [0, 0.05) is 0 Å². The number of aliphatic carboxylic acids is 1. The minimum absolute atomic E-state index is 0. The standard InChI is InChI=1S/C2H3O3.Rb/c3-1-2(4)5;/h1,3H,(H,4,5);/q-1;+1. The summed E-state index contributed by atoms with van der Waals surface area (Å²) in [4.78, 5) is 9.06.